The molecule has 1 aliphatic rings. The lowest BCUT2D eigenvalue weighted by Gasteiger charge is -2.24. The lowest BCUT2D eigenvalue weighted by Crippen LogP contribution is -2.31. The number of hydrogen-bond donors (Lipinski definition) is 1. The molecule has 5 nitrogen and oxygen atoms in total. The first-order valence-electron chi connectivity index (χ1n) is 7.64. The highest BCUT2D eigenvalue weighted by molar-refractivity contribution is 6.31. The van der Waals surface area contributed by atoms with Gasteiger partial charge in [-0.2, -0.15) is 5.10 Å². The number of H-pyrrole nitrogens is 1. The maximum Gasteiger partial charge on any atom is 0.0951 e. The molecule has 3 heterocycles. The number of aryl methyl sites for hydroxylation is 1. The summed E-state index contributed by atoms with van der Waals surface area (Å²) < 4.78 is 5.78. The van der Waals surface area contributed by atoms with Crippen molar-refractivity contribution in [1.82, 2.24) is 20.1 Å². The van der Waals surface area contributed by atoms with Crippen LogP contribution < -0.4 is 0 Å². The smallest absolute Gasteiger partial charge is 0.0951 e. The van der Waals surface area contributed by atoms with Gasteiger partial charge in [0.15, 0.2) is 0 Å². The van der Waals surface area contributed by atoms with Gasteiger partial charge in [0.1, 0.15) is 0 Å². The van der Waals surface area contributed by atoms with E-state index in [9.17, 15) is 0 Å². The molecule has 0 radical (unpaired) electrons. The number of rotatable bonds is 6. The Morgan fingerprint density at radius 2 is 2.18 bits per heavy atom. The Morgan fingerprint density at radius 1 is 1.36 bits per heavy atom. The fourth-order valence-corrected chi connectivity index (χ4v) is 2.93. The summed E-state index contributed by atoms with van der Waals surface area (Å²) in [6.45, 7) is 5.25. The van der Waals surface area contributed by atoms with Crippen molar-refractivity contribution in [1.29, 1.82) is 0 Å². The van der Waals surface area contributed by atoms with Crippen molar-refractivity contribution in [2.75, 3.05) is 13.2 Å². The minimum absolute atomic E-state index is 0.306. The molecule has 3 rings (SSSR count). The number of aromatic nitrogens is 3. The van der Waals surface area contributed by atoms with E-state index in [0.717, 1.165) is 48.9 Å². The normalized spacial score (nSPS) is 18.2. The van der Waals surface area contributed by atoms with Gasteiger partial charge in [0.05, 0.1) is 22.5 Å². The molecule has 0 bridgehead atoms. The minimum atomic E-state index is 0.306. The fraction of sp³-hybridized carbons (Fsp3) is 0.500. The molecule has 22 heavy (non-hydrogen) atoms. The molecule has 1 fully saturated rings. The van der Waals surface area contributed by atoms with E-state index in [0.29, 0.717) is 12.6 Å². The first kappa shape index (κ1) is 15.5. The van der Waals surface area contributed by atoms with Crippen LogP contribution in [0.1, 0.15) is 29.8 Å². The second-order valence-corrected chi connectivity index (χ2v) is 6.15. The summed E-state index contributed by atoms with van der Waals surface area (Å²) in [7, 11) is 0. The Balaban J connectivity index is 1.71. The van der Waals surface area contributed by atoms with Crippen LogP contribution in [0.4, 0.5) is 0 Å². The average Bonchev–Trinajstić information content (AvgIpc) is 3.14. The number of ether oxygens (including phenoxy) is 1. The van der Waals surface area contributed by atoms with Gasteiger partial charge in [-0.3, -0.25) is 15.0 Å². The second kappa shape index (κ2) is 7.22. The van der Waals surface area contributed by atoms with Gasteiger partial charge in [-0.25, -0.2) is 0 Å². The van der Waals surface area contributed by atoms with Crippen LogP contribution in [-0.4, -0.2) is 39.3 Å². The highest BCUT2D eigenvalue weighted by Crippen LogP contribution is 2.21. The Kier molecular flexibility index (Phi) is 5.08. The molecule has 2 aromatic rings. The molecule has 1 N–H and O–H groups in total. The predicted molar refractivity (Wildman–Crippen MR) is 85.7 cm³/mol. The molecule has 1 aliphatic heterocycles. The summed E-state index contributed by atoms with van der Waals surface area (Å²) in [5.74, 6) is 0. The van der Waals surface area contributed by atoms with Crippen LogP contribution in [0, 0.1) is 6.92 Å². The molecule has 0 saturated carbocycles. The van der Waals surface area contributed by atoms with E-state index in [4.69, 9.17) is 16.3 Å². The van der Waals surface area contributed by atoms with Gasteiger partial charge in [0.2, 0.25) is 0 Å². The molecule has 6 heteroatoms. The van der Waals surface area contributed by atoms with Crippen LogP contribution >= 0.6 is 11.6 Å². The van der Waals surface area contributed by atoms with E-state index in [1.807, 2.05) is 31.5 Å². The zero-order valence-corrected chi connectivity index (χ0v) is 13.5. The van der Waals surface area contributed by atoms with E-state index in [-0.39, 0.29) is 0 Å². The number of pyridine rings is 1. The van der Waals surface area contributed by atoms with Crippen molar-refractivity contribution in [3.8, 4) is 0 Å². The van der Waals surface area contributed by atoms with Gasteiger partial charge in [0.25, 0.3) is 0 Å². The Bertz CT molecular complexity index is 595. The van der Waals surface area contributed by atoms with Crippen molar-refractivity contribution in [3.63, 3.8) is 0 Å². The number of aromatic amines is 1. The van der Waals surface area contributed by atoms with E-state index >= 15 is 0 Å². The molecular weight excluding hydrogens is 300 g/mol. The summed E-state index contributed by atoms with van der Waals surface area (Å²) >= 11 is 6.31. The maximum atomic E-state index is 6.31. The highest BCUT2D eigenvalue weighted by Gasteiger charge is 2.21. The van der Waals surface area contributed by atoms with Crippen LogP contribution in [0.2, 0.25) is 5.02 Å². The average molecular weight is 321 g/mol. The number of nitrogens with one attached hydrogen (secondary N) is 1. The molecule has 0 unspecified atom stereocenters. The summed E-state index contributed by atoms with van der Waals surface area (Å²) in [6.07, 6.45) is 6.23. The largest absolute Gasteiger partial charge is 0.377 e. The zero-order chi connectivity index (χ0) is 15.4. The van der Waals surface area contributed by atoms with Crippen molar-refractivity contribution >= 4 is 11.6 Å². The number of nitrogens with zero attached hydrogens (tertiary/aromatic N) is 3. The van der Waals surface area contributed by atoms with Gasteiger partial charge in [-0.05, 0) is 37.5 Å². The molecule has 118 valence electrons. The van der Waals surface area contributed by atoms with E-state index in [1.165, 1.54) is 5.56 Å². The van der Waals surface area contributed by atoms with Gasteiger partial charge in [0, 0.05) is 38.6 Å². The van der Waals surface area contributed by atoms with Crippen LogP contribution in [0.3, 0.4) is 0 Å². The molecule has 0 aromatic carbocycles. The second-order valence-electron chi connectivity index (χ2n) is 5.77. The topological polar surface area (TPSA) is 54.0 Å². The Hall–Kier alpha value is -1.43. The minimum Gasteiger partial charge on any atom is -0.377 e. The summed E-state index contributed by atoms with van der Waals surface area (Å²) in [4.78, 5) is 6.42. The third-order valence-corrected chi connectivity index (χ3v) is 4.46. The first-order valence-corrected chi connectivity index (χ1v) is 8.02. The lowest BCUT2D eigenvalue weighted by atomic mass is 10.2. The van der Waals surface area contributed by atoms with E-state index < -0.39 is 0 Å². The van der Waals surface area contributed by atoms with Gasteiger partial charge < -0.3 is 4.74 Å². The molecule has 0 amide bonds. The van der Waals surface area contributed by atoms with Crippen molar-refractivity contribution in [3.05, 3.63) is 46.5 Å². The molecule has 2 aromatic heterocycles. The van der Waals surface area contributed by atoms with Crippen LogP contribution in [0.25, 0.3) is 0 Å². The SMILES string of the molecule is Cc1[nH]nc(CN(Cc2ccncc2)C[C@@H]2CCCO2)c1Cl. The highest BCUT2D eigenvalue weighted by atomic mass is 35.5. The van der Waals surface area contributed by atoms with Crippen LogP contribution in [0.5, 0.6) is 0 Å². The first-order chi connectivity index (χ1) is 10.7. The van der Waals surface area contributed by atoms with Crippen molar-refractivity contribution < 1.29 is 4.74 Å². The lowest BCUT2D eigenvalue weighted by molar-refractivity contribution is 0.0675. The molecule has 1 atom stereocenters. The van der Waals surface area contributed by atoms with Crippen molar-refractivity contribution in [2.24, 2.45) is 0 Å². The molecule has 0 aliphatic carbocycles. The third-order valence-electron chi connectivity index (χ3n) is 3.96. The van der Waals surface area contributed by atoms with Gasteiger partial charge in [-0.1, -0.05) is 11.6 Å². The monoisotopic (exact) mass is 320 g/mol. The third kappa shape index (κ3) is 3.85. The standard InChI is InChI=1S/C16H21ClN4O/c1-12-16(17)15(20-19-12)11-21(10-14-3-2-8-22-14)9-13-4-6-18-7-5-13/h4-7,14H,2-3,8-11H2,1H3,(H,19,20)/t14-/m0/s1. The van der Waals surface area contributed by atoms with E-state index in [1.54, 1.807) is 0 Å². The predicted octanol–water partition coefficient (Wildman–Crippen LogP) is 2.95. The van der Waals surface area contributed by atoms with Crippen LogP contribution in [-0.2, 0) is 17.8 Å². The molecule has 0 spiro atoms. The van der Waals surface area contributed by atoms with Crippen molar-refractivity contribution in [2.45, 2.75) is 39.0 Å². The Labute approximate surface area is 135 Å². The van der Waals surface area contributed by atoms with Crippen LogP contribution in [0.15, 0.2) is 24.5 Å². The number of hydrogen-bond acceptors (Lipinski definition) is 4. The summed E-state index contributed by atoms with van der Waals surface area (Å²) in [6, 6.07) is 4.08. The Morgan fingerprint density at radius 3 is 2.82 bits per heavy atom. The molecule has 1 saturated heterocycles. The summed E-state index contributed by atoms with van der Waals surface area (Å²) in [5.41, 5.74) is 3.04. The zero-order valence-electron chi connectivity index (χ0n) is 12.8. The van der Waals surface area contributed by atoms with E-state index in [2.05, 4.69) is 20.1 Å². The van der Waals surface area contributed by atoms with Gasteiger partial charge in [-0.15, -0.1) is 0 Å². The quantitative estimate of drug-likeness (QED) is 0.889. The maximum absolute atomic E-state index is 6.31. The fourth-order valence-electron chi connectivity index (χ4n) is 2.79. The molecular formula is C16H21ClN4O. The van der Waals surface area contributed by atoms with Gasteiger partial charge >= 0.3 is 0 Å². The number of halogens is 1. The summed E-state index contributed by atoms with van der Waals surface area (Å²) in [5, 5.41) is 8.00.